The third kappa shape index (κ3) is 3.38. The first kappa shape index (κ1) is 14.6. The van der Waals surface area contributed by atoms with E-state index in [0.29, 0.717) is 20.1 Å². The number of anilines is 1. The first-order chi connectivity index (χ1) is 8.99. The molecule has 0 heterocycles. The predicted molar refractivity (Wildman–Crippen MR) is 77.8 cm³/mol. The van der Waals surface area contributed by atoms with Crippen LogP contribution in [0, 0.1) is 11.6 Å². The summed E-state index contributed by atoms with van der Waals surface area (Å²) in [6.45, 7) is 0.236. The van der Waals surface area contributed by atoms with Crippen molar-refractivity contribution in [1.29, 1.82) is 0 Å². The maximum Gasteiger partial charge on any atom is 0.150 e. The fraction of sp³-hybridized carbons (Fsp3) is 0.0769. The molecule has 100 valence electrons. The number of hydrogen-bond donors (Lipinski definition) is 1. The molecule has 0 saturated carbocycles. The summed E-state index contributed by atoms with van der Waals surface area (Å²) >= 11 is 15.1. The van der Waals surface area contributed by atoms with Crippen molar-refractivity contribution in [2.24, 2.45) is 0 Å². The highest BCUT2D eigenvalue weighted by Gasteiger charge is 2.11. The van der Waals surface area contributed by atoms with Gasteiger partial charge in [0.1, 0.15) is 11.6 Å². The maximum absolute atomic E-state index is 13.6. The summed E-state index contributed by atoms with van der Waals surface area (Å²) < 4.78 is 26.9. The second-order valence-corrected chi connectivity index (χ2v) is 5.47. The van der Waals surface area contributed by atoms with E-state index in [1.807, 2.05) is 0 Å². The number of benzene rings is 2. The van der Waals surface area contributed by atoms with Crippen molar-refractivity contribution in [3.05, 3.63) is 62.0 Å². The maximum atomic E-state index is 13.6. The van der Waals surface area contributed by atoms with Gasteiger partial charge in [-0.3, -0.25) is 0 Å². The smallest absolute Gasteiger partial charge is 0.150 e. The molecule has 0 aliphatic heterocycles. The Morgan fingerprint density at radius 2 is 1.74 bits per heavy atom. The molecule has 2 aromatic rings. The summed E-state index contributed by atoms with van der Waals surface area (Å²) in [6, 6.07) is 7.10. The van der Waals surface area contributed by atoms with Crippen molar-refractivity contribution in [3.8, 4) is 0 Å². The predicted octanol–water partition coefficient (Wildman–Crippen LogP) is 5.65. The van der Waals surface area contributed by atoms with Crippen LogP contribution >= 0.6 is 39.1 Å². The molecule has 2 aromatic carbocycles. The van der Waals surface area contributed by atoms with Crippen LogP contribution in [0.4, 0.5) is 14.5 Å². The van der Waals surface area contributed by atoms with Crippen LogP contribution in [0.1, 0.15) is 5.56 Å². The number of rotatable bonds is 3. The second kappa shape index (κ2) is 6.07. The van der Waals surface area contributed by atoms with Gasteiger partial charge in [0.25, 0.3) is 0 Å². The summed E-state index contributed by atoms with van der Waals surface area (Å²) in [5.41, 5.74) is 0.818. The van der Waals surface area contributed by atoms with E-state index in [-0.39, 0.29) is 12.2 Å². The lowest BCUT2D eigenvalue weighted by molar-refractivity contribution is 0.583. The molecule has 0 aromatic heterocycles. The summed E-state index contributed by atoms with van der Waals surface area (Å²) in [7, 11) is 0. The van der Waals surface area contributed by atoms with Gasteiger partial charge in [0.15, 0.2) is 0 Å². The molecule has 0 atom stereocenters. The van der Waals surface area contributed by atoms with Crippen LogP contribution in [0.2, 0.25) is 10.0 Å². The fourth-order valence-corrected chi connectivity index (χ4v) is 2.67. The largest absolute Gasteiger partial charge is 0.378 e. The Morgan fingerprint density at radius 1 is 1.11 bits per heavy atom. The minimum atomic E-state index is -0.685. The first-order valence-corrected chi connectivity index (χ1v) is 6.85. The average Bonchev–Trinajstić information content (AvgIpc) is 2.31. The zero-order valence-corrected chi connectivity index (χ0v) is 12.6. The lowest BCUT2D eigenvalue weighted by Crippen LogP contribution is -2.04. The average molecular weight is 367 g/mol. The highest BCUT2D eigenvalue weighted by molar-refractivity contribution is 9.10. The summed E-state index contributed by atoms with van der Waals surface area (Å²) in [6.07, 6.45) is 0. The lowest BCUT2D eigenvalue weighted by Gasteiger charge is -2.12. The van der Waals surface area contributed by atoms with Gasteiger partial charge < -0.3 is 5.32 Å². The van der Waals surface area contributed by atoms with Crippen LogP contribution in [-0.2, 0) is 6.54 Å². The summed E-state index contributed by atoms with van der Waals surface area (Å²) in [5.74, 6) is -1.33. The molecule has 2 rings (SSSR count). The Morgan fingerprint density at radius 3 is 2.32 bits per heavy atom. The molecule has 0 radical (unpaired) electrons. The van der Waals surface area contributed by atoms with Crippen LogP contribution in [-0.4, -0.2) is 0 Å². The van der Waals surface area contributed by atoms with E-state index >= 15 is 0 Å². The topological polar surface area (TPSA) is 12.0 Å². The zero-order chi connectivity index (χ0) is 14.0. The van der Waals surface area contributed by atoms with E-state index in [0.717, 1.165) is 6.07 Å². The van der Waals surface area contributed by atoms with E-state index in [4.69, 9.17) is 23.2 Å². The number of halogens is 5. The monoisotopic (exact) mass is 365 g/mol. The van der Waals surface area contributed by atoms with Gasteiger partial charge in [-0.15, -0.1) is 0 Å². The third-order valence-corrected chi connectivity index (χ3v) is 3.84. The van der Waals surface area contributed by atoms with E-state index in [9.17, 15) is 8.78 Å². The van der Waals surface area contributed by atoms with E-state index in [1.54, 1.807) is 18.2 Å². The quantitative estimate of drug-likeness (QED) is 0.740. The van der Waals surface area contributed by atoms with Crippen molar-refractivity contribution in [2.45, 2.75) is 6.54 Å². The Hall–Kier alpha value is -0.840. The van der Waals surface area contributed by atoms with Crippen molar-refractivity contribution < 1.29 is 8.78 Å². The third-order valence-electron chi connectivity index (χ3n) is 2.51. The molecule has 1 nitrogen and oxygen atoms in total. The number of nitrogens with one attached hydrogen (secondary N) is 1. The van der Waals surface area contributed by atoms with Crippen LogP contribution in [0.25, 0.3) is 0 Å². The van der Waals surface area contributed by atoms with Crippen molar-refractivity contribution in [3.63, 3.8) is 0 Å². The van der Waals surface area contributed by atoms with Gasteiger partial charge in [-0.05, 0) is 34.1 Å². The highest BCUT2D eigenvalue weighted by atomic mass is 79.9. The van der Waals surface area contributed by atoms with E-state index in [1.165, 1.54) is 6.07 Å². The van der Waals surface area contributed by atoms with Gasteiger partial charge in [-0.2, -0.15) is 0 Å². The molecule has 0 bridgehead atoms. The van der Waals surface area contributed by atoms with Crippen LogP contribution in [0.5, 0.6) is 0 Å². The summed E-state index contributed by atoms with van der Waals surface area (Å²) in [5, 5.41) is 3.82. The Bertz CT molecular complexity index is 576. The Kier molecular flexibility index (Phi) is 4.66. The lowest BCUT2D eigenvalue weighted by atomic mass is 10.2. The van der Waals surface area contributed by atoms with Crippen molar-refractivity contribution in [1.82, 2.24) is 0 Å². The zero-order valence-electron chi connectivity index (χ0n) is 9.48. The van der Waals surface area contributed by atoms with Gasteiger partial charge in [0.05, 0.1) is 5.69 Å². The standard InChI is InChI=1S/C13H8BrCl2F2N/c14-9-4-7(17)5-12(18)13(9)19-6-8-10(15)2-1-3-11(8)16/h1-5,19H,6H2. The molecule has 0 aliphatic rings. The molecule has 0 spiro atoms. The Labute approximate surface area is 127 Å². The van der Waals surface area contributed by atoms with Gasteiger partial charge in [0.2, 0.25) is 0 Å². The van der Waals surface area contributed by atoms with Gasteiger partial charge >= 0.3 is 0 Å². The van der Waals surface area contributed by atoms with Gasteiger partial charge in [-0.25, -0.2) is 8.78 Å². The van der Waals surface area contributed by atoms with Crippen molar-refractivity contribution in [2.75, 3.05) is 5.32 Å². The van der Waals surface area contributed by atoms with Crippen LogP contribution < -0.4 is 5.32 Å². The van der Waals surface area contributed by atoms with E-state index < -0.39 is 11.6 Å². The van der Waals surface area contributed by atoms with Crippen LogP contribution in [0.15, 0.2) is 34.8 Å². The molecule has 0 amide bonds. The first-order valence-electron chi connectivity index (χ1n) is 5.30. The van der Waals surface area contributed by atoms with Gasteiger partial charge in [-0.1, -0.05) is 29.3 Å². The van der Waals surface area contributed by atoms with E-state index in [2.05, 4.69) is 21.2 Å². The summed E-state index contributed by atoms with van der Waals surface area (Å²) in [4.78, 5) is 0. The molecule has 1 N–H and O–H groups in total. The van der Waals surface area contributed by atoms with Crippen molar-refractivity contribution >= 4 is 44.8 Å². The number of hydrogen-bond acceptors (Lipinski definition) is 1. The minimum absolute atomic E-state index is 0.164. The molecule has 0 aliphatic carbocycles. The minimum Gasteiger partial charge on any atom is -0.378 e. The molecular weight excluding hydrogens is 359 g/mol. The fourth-order valence-electron chi connectivity index (χ4n) is 1.59. The molecule has 6 heteroatoms. The molecule has 0 fully saturated rings. The highest BCUT2D eigenvalue weighted by Crippen LogP contribution is 2.29. The second-order valence-electron chi connectivity index (χ2n) is 3.80. The normalized spacial score (nSPS) is 10.6. The Balaban J connectivity index is 2.24. The molecule has 0 unspecified atom stereocenters. The molecule has 0 saturated heterocycles. The van der Waals surface area contributed by atoms with Crippen LogP contribution in [0.3, 0.4) is 0 Å². The van der Waals surface area contributed by atoms with Gasteiger partial charge in [0, 0.05) is 32.7 Å². The SMILES string of the molecule is Fc1cc(F)c(NCc2c(Cl)cccc2Cl)c(Br)c1. The molecular formula is C13H8BrCl2F2N. The molecule has 19 heavy (non-hydrogen) atoms.